The highest BCUT2D eigenvalue weighted by atomic mass is 16.2. The van der Waals surface area contributed by atoms with Crippen LogP contribution in [-0.2, 0) is 6.54 Å². The fourth-order valence-corrected chi connectivity index (χ4v) is 4.38. The van der Waals surface area contributed by atoms with Crippen molar-refractivity contribution in [3.8, 4) is 0 Å². The van der Waals surface area contributed by atoms with Crippen LogP contribution in [0.4, 0.5) is 17.3 Å². The van der Waals surface area contributed by atoms with Crippen molar-refractivity contribution in [1.82, 2.24) is 24.8 Å². The number of hydrogen-bond acceptors (Lipinski definition) is 7. The Balaban J connectivity index is 0.00000200. The van der Waals surface area contributed by atoms with Gasteiger partial charge in [0.1, 0.15) is 11.2 Å². The average molecular weight is 488 g/mol. The van der Waals surface area contributed by atoms with Crippen LogP contribution < -0.4 is 21.0 Å². The number of fused-ring (bicyclic) bond motifs is 1. The first-order valence-corrected chi connectivity index (χ1v) is 12.0. The van der Waals surface area contributed by atoms with Gasteiger partial charge in [-0.05, 0) is 36.9 Å². The number of pyridine rings is 1. The molecule has 0 aliphatic carbocycles. The lowest BCUT2D eigenvalue weighted by Crippen LogP contribution is -2.44. The Morgan fingerprint density at radius 2 is 1.75 bits per heavy atom. The SMILES string of the molecule is CNC(=O)c1cn(Cc2ccccc2)c2nc(Nc3ccc(N4CCN(C)CC4)cc3)ncc2c1=O.[HH].[HH]. The first-order valence-electron chi connectivity index (χ1n) is 12.0. The second-order valence-electron chi connectivity index (χ2n) is 8.96. The molecule has 1 saturated heterocycles. The molecule has 1 fully saturated rings. The summed E-state index contributed by atoms with van der Waals surface area (Å²) in [6.45, 7) is 4.58. The lowest BCUT2D eigenvalue weighted by atomic mass is 10.1. The third-order valence-corrected chi connectivity index (χ3v) is 6.47. The van der Waals surface area contributed by atoms with E-state index < -0.39 is 11.3 Å². The fraction of sp³-hybridized carbons (Fsp3) is 0.259. The highest BCUT2D eigenvalue weighted by Gasteiger charge is 2.17. The molecule has 0 unspecified atom stereocenters. The van der Waals surface area contributed by atoms with E-state index in [0.29, 0.717) is 23.5 Å². The number of carbonyl (C=O) groups is 1. The summed E-state index contributed by atoms with van der Waals surface area (Å²) in [4.78, 5) is 39.1. The number of nitrogens with one attached hydrogen (secondary N) is 2. The van der Waals surface area contributed by atoms with Crippen LogP contribution in [0.5, 0.6) is 0 Å². The molecule has 5 rings (SSSR count). The summed E-state index contributed by atoms with van der Waals surface area (Å²) < 4.78 is 1.82. The number of benzene rings is 2. The number of rotatable bonds is 6. The van der Waals surface area contributed by atoms with Crippen molar-refractivity contribution in [2.45, 2.75) is 6.54 Å². The minimum atomic E-state index is -0.439. The van der Waals surface area contributed by atoms with Gasteiger partial charge in [0.2, 0.25) is 11.4 Å². The zero-order valence-electron chi connectivity index (χ0n) is 20.4. The normalized spacial score (nSPS) is 14.1. The van der Waals surface area contributed by atoms with E-state index in [1.54, 1.807) is 6.20 Å². The quantitative estimate of drug-likeness (QED) is 0.431. The minimum absolute atomic E-state index is 0. The maximum atomic E-state index is 13.0. The van der Waals surface area contributed by atoms with Gasteiger partial charge in [0.25, 0.3) is 5.91 Å². The predicted molar refractivity (Wildman–Crippen MR) is 146 cm³/mol. The standard InChI is InChI=1S/C27H29N7O2.2H2/c1-28-26(36)23-18-34(17-19-6-4-3-5-7-19)25-22(24(23)35)16-29-27(31-25)30-20-8-10-21(11-9-20)33-14-12-32(2)13-15-33;;/h3-11,16,18H,12-15,17H2,1-2H3,(H,28,36)(H,29,30,31);2*1H. The molecule has 1 aliphatic heterocycles. The second-order valence-corrected chi connectivity index (χ2v) is 8.96. The van der Waals surface area contributed by atoms with E-state index >= 15 is 0 Å². The number of nitrogens with zero attached hydrogens (tertiary/aromatic N) is 5. The largest absolute Gasteiger partial charge is 0.369 e. The summed E-state index contributed by atoms with van der Waals surface area (Å²) in [6.07, 6.45) is 3.05. The Labute approximate surface area is 212 Å². The summed E-state index contributed by atoms with van der Waals surface area (Å²) in [6, 6.07) is 18.0. The lowest BCUT2D eigenvalue weighted by Gasteiger charge is -2.34. The summed E-state index contributed by atoms with van der Waals surface area (Å²) in [5, 5.41) is 6.08. The van der Waals surface area contributed by atoms with E-state index in [-0.39, 0.29) is 8.42 Å². The molecule has 0 radical (unpaired) electrons. The fourth-order valence-electron chi connectivity index (χ4n) is 4.38. The van der Waals surface area contributed by atoms with Crippen LogP contribution in [0.15, 0.2) is 71.8 Å². The highest BCUT2D eigenvalue weighted by molar-refractivity contribution is 5.96. The van der Waals surface area contributed by atoms with Crippen molar-refractivity contribution in [2.75, 3.05) is 50.5 Å². The third-order valence-electron chi connectivity index (χ3n) is 6.47. The third kappa shape index (κ3) is 4.92. The molecule has 36 heavy (non-hydrogen) atoms. The van der Waals surface area contributed by atoms with Crippen LogP contribution in [0, 0.1) is 0 Å². The van der Waals surface area contributed by atoms with Crippen LogP contribution in [-0.4, -0.2) is 65.6 Å². The van der Waals surface area contributed by atoms with Crippen LogP contribution in [0.25, 0.3) is 11.0 Å². The Bertz CT molecular complexity index is 1440. The topological polar surface area (TPSA) is 95.4 Å². The molecule has 1 amide bonds. The van der Waals surface area contributed by atoms with Gasteiger partial charge in [0.15, 0.2) is 0 Å². The number of amides is 1. The molecule has 0 spiro atoms. The number of piperazine rings is 1. The number of carbonyl (C=O) groups excluding carboxylic acids is 1. The first-order chi connectivity index (χ1) is 17.5. The van der Waals surface area contributed by atoms with Crippen LogP contribution in [0.1, 0.15) is 18.8 Å². The van der Waals surface area contributed by atoms with Crippen molar-refractivity contribution < 1.29 is 7.65 Å². The predicted octanol–water partition coefficient (Wildman–Crippen LogP) is 3.19. The van der Waals surface area contributed by atoms with Gasteiger partial charge < -0.3 is 25.0 Å². The Hall–Kier alpha value is -4.24. The van der Waals surface area contributed by atoms with Crippen LogP contribution in [0.2, 0.25) is 0 Å². The second kappa shape index (κ2) is 10.2. The maximum absolute atomic E-state index is 13.0. The molecule has 9 nitrogen and oxygen atoms in total. The average Bonchev–Trinajstić information content (AvgIpc) is 2.91. The molecule has 188 valence electrons. The Kier molecular flexibility index (Phi) is 6.64. The molecule has 0 saturated carbocycles. The minimum Gasteiger partial charge on any atom is -0.369 e. The molecule has 0 bridgehead atoms. The molecule has 9 heteroatoms. The maximum Gasteiger partial charge on any atom is 0.256 e. The molecular weight excluding hydrogens is 454 g/mol. The van der Waals surface area contributed by atoms with Crippen LogP contribution in [0.3, 0.4) is 0 Å². The monoisotopic (exact) mass is 487 g/mol. The molecule has 4 aromatic rings. The number of likely N-dealkylation sites (N-methyl/N-ethyl adjacent to an activating group) is 1. The Morgan fingerprint density at radius 3 is 2.44 bits per heavy atom. The van der Waals surface area contributed by atoms with E-state index in [9.17, 15) is 9.59 Å². The van der Waals surface area contributed by atoms with Crippen molar-refractivity contribution in [2.24, 2.45) is 0 Å². The van der Waals surface area contributed by atoms with Gasteiger partial charge in [-0.25, -0.2) is 4.98 Å². The smallest absolute Gasteiger partial charge is 0.256 e. The van der Waals surface area contributed by atoms with Gasteiger partial charge in [-0.3, -0.25) is 9.59 Å². The summed E-state index contributed by atoms with van der Waals surface area (Å²) in [7, 11) is 3.65. The highest BCUT2D eigenvalue weighted by Crippen LogP contribution is 2.22. The zero-order chi connectivity index (χ0) is 25.1. The molecule has 2 aromatic heterocycles. The van der Waals surface area contributed by atoms with Gasteiger partial charge in [-0.2, -0.15) is 4.98 Å². The summed E-state index contributed by atoms with van der Waals surface area (Å²) >= 11 is 0. The van der Waals surface area contributed by atoms with Gasteiger partial charge in [-0.15, -0.1) is 0 Å². The summed E-state index contributed by atoms with van der Waals surface area (Å²) in [5.41, 5.74) is 3.19. The van der Waals surface area contributed by atoms with Gasteiger partial charge in [-0.1, -0.05) is 30.3 Å². The molecular formula is C27H33N7O2. The van der Waals surface area contributed by atoms with E-state index in [2.05, 4.69) is 49.6 Å². The van der Waals surface area contributed by atoms with E-state index in [0.717, 1.165) is 37.4 Å². The molecule has 2 aromatic carbocycles. The van der Waals surface area contributed by atoms with Crippen molar-refractivity contribution in [3.05, 3.63) is 88.3 Å². The van der Waals surface area contributed by atoms with Crippen LogP contribution >= 0.6 is 0 Å². The molecule has 1 aliphatic rings. The molecule has 0 atom stereocenters. The zero-order valence-corrected chi connectivity index (χ0v) is 20.4. The molecule has 3 heterocycles. The van der Waals surface area contributed by atoms with Crippen molar-refractivity contribution in [1.29, 1.82) is 0 Å². The number of hydrogen-bond donors (Lipinski definition) is 2. The van der Waals surface area contributed by atoms with E-state index in [1.165, 1.54) is 18.9 Å². The van der Waals surface area contributed by atoms with Crippen molar-refractivity contribution >= 4 is 34.3 Å². The first kappa shape index (κ1) is 23.5. The summed E-state index contributed by atoms with van der Waals surface area (Å²) in [5.74, 6) is -0.0601. The molecule has 2 N–H and O–H groups in total. The van der Waals surface area contributed by atoms with Gasteiger partial charge in [0.05, 0.1) is 5.39 Å². The Morgan fingerprint density at radius 1 is 1.03 bits per heavy atom. The number of aromatic nitrogens is 3. The van der Waals surface area contributed by atoms with E-state index in [1.807, 2.05) is 47.0 Å². The van der Waals surface area contributed by atoms with Gasteiger partial charge in [0, 0.05) is 66.4 Å². The van der Waals surface area contributed by atoms with E-state index in [4.69, 9.17) is 0 Å². The van der Waals surface area contributed by atoms with Crippen molar-refractivity contribution in [3.63, 3.8) is 0 Å². The lowest BCUT2D eigenvalue weighted by molar-refractivity contribution is 0.0961. The number of anilines is 3. The van der Waals surface area contributed by atoms with Gasteiger partial charge >= 0.3 is 0 Å².